The van der Waals surface area contributed by atoms with Crippen molar-refractivity contribution >= 4 is 30.7 Å². The van der Waals surface area contributed by atoms with Crippen LogP contribution < -0.4 is 11.1 Å². The van der Waals surface area contributed by atoms with Gasteiger partial charge in [0.05, 0.1) is 5.92 Å². The lowest BCUT2D eigenvalue weighted by Crippen LogP contribution is -2.35. The van der Waals surface area contributed by atoms with Gasteiger partial charge in [-0.2, -0.15) is 0 Å². The van der Waals surface area contributed by atoms with E-state index in [0.717, 1.165) is 30.8 Å². The van der Waals surface area contributed by atoms with Crippen molar-refractivity contribution in [2.45, 2.75) is 39.9 Å². The van der Waals surface area contributed by atoms with Gasteiger partial charge in [0.2, 0.25) is 5.91 Å². The third-order valence-corrected chi connectivity index (χ3v) is 4.90. The van der Waals surface area contributed by atoms with Crippen molar-refractivity contribution in [3.8, 4) is 0 Å². The lowest BCUT2D eigenvalue weighted by molar-refractivity contribution is -0.125. The normalized spacial score (nSPS) is 12.5. The number of amides is 1. The molecule has 0 aliphatic rings. The number of benzene rings is 2. The van der Waals surface area contributed by atoms with E-state index in [1.165, 1.54) is 5.56 Å². The SMILES string of the molecule is CCN(CC)Cc1cccc(CNC(=O)C(C)C(N)c2ccccc2)c1.Cl.Cl. The summed E-state index contributed by atoms with van der Waals surface area (Å²) >= 11 is 0. The van der Waals surface area contributed by atoms with E-state index >= 15 is 0 Å². The maximum atomic E-state index is 12.5. The van der Waals surface area contributed by atoms with Crippen molar-refractivity contribution in [3.63, 3.8) is 0 Å². The zero-order chi connectivity index (χ0) is 18.9. The van der Waals surface area contributed by atoms with Gasteiger partial charge in [0.25, 0.3) is 0 Å². The minimum absolute atomic E-state index is 0. The Kier molecular flexibility index (Phi) is 12.8. The first-order chi connectivity index (χ1) is 12.5. The van der Waals surface area contributed by atoms with E-state index in [2.05, 4.69) is 42.3 Å². The molecule has 3 N–H and O–H groups in total. The molecule has 2 unspecified atom stereocenters. The molecule has 0 aliphatic carbocycles. The van der Waals surface area contributed by atoms with Gasteiger partial charge in [-0.3, -0.25) is 9.69 Å². The summed E-state index contributed by atoms with van der Waals surface area (Å²) in [5, 5.41) is 3.03. The van der Waals surface area contributed by atoms with Crippen molar-refractivity contribution in [1.82, 2.24) is 10.2 Å². The van der Waals surface area contributed by atoms with Gasteiger partial charge < -0.3 is 11.1 Å². The Bertz CT molecular complexity index is 693. The first kappa shape index (κ1) is 26.4. The highest BCUT2D eigenvalue weighted by molar-refractivity contribution is 5.85. The topological polar surface area (TPSA) is 58.4 Å². The minimum atomic E-state index is -0.301. The molecule has 4 nitrogen and oxygen atoms in total. The Balaban J connectivity index is 0.00000364. The monoisotopic (exact) mass is 425 g/mol. The second kappa shape index (κ2) is 13.6. The molecule has 156 valence electrons. The summed E-state index contributed by atoms with van der Waals surface area (Å²) in [5.41, 5.74) is 9.62. The Morgan fingerprint density at radius 2 is 1.61 bits per heavy atom. The predicted molar refractivity (Wildman–Crippen MR) is 122 cm³/mol. The molecule has 6 heteroatoms. The van der Waals surface area contributed by atoms with Crippen LogP contribution in [0.1, 0.15) is 43.5 Å². The Morgan fingerprint density at radius 1 is 1.00 bits per heavy atom. The number of nitrogens with one attached hydrogen (secondary N) is 1. The third kappa shape index (κ3) is 7.80. The Labute approximate surface area is 181 Å². The van der Waals surface area contributed by atoms with Crippen LogP contribution in [0.15, 0.2) is 54.6 Å². The number of carbonyl (C=O) groups excluding carboxylic acids is 1. The van der Waals surface area contributed by atoms with Gasteiger partial charge in [-0.05, 0) is 29.8 Å². The lowest BCUT2D eigenvalue weighted by Gasteiger charge is -2.20. The summed E-state index contributed by atoms with van der Waals surface area (Å²) in [7, 11) is 0. The molecule has 2 aromatic carbocycles. The van der Waals surface area contributed by atoms with Crippen molar-refractivity contribution in [2.24, 2.45) is 11.7 Å². The van der Waals surface area contributed by atoms with Crippen LogP contribution in [0.5, 0.6) is 0 Å². The van der Waals surface area contributed by atoms with E-state index < -0.39 is 0 Å². The first-order valence-electron chi connectivity index (χ1n) is 9.43. The number of halogens is 2. The number of nitrogens with two attached hydrogens (primary N) is 1. The molecule has 0 spiro atoms. The third-order valence-electron chi connectivity index (χ3n) is 4.90. The predicted octanol–water partition coefficient (Wildman–Crippen LogP) is 4.32. The van der Waals surface area contributed by atoms with E-state index in [0.29, 0.717) is 6.54 Å². The standard InChI is InChI=1S/C22H31N3O.2ClH/c1-4-25(5-2)16-19-11-9-10-18(14-19)15-24-22(26)17(3)21(23)20-12-7-6-8-13-20;;/h6-14,17,21H,4-5,15-16,23H2,1-3H3,(H,24,26);2*1H. The van der Waals surface area contributed by atoms with Crippen LogP contribution in [0, 0.1) is 5.92 Å². The fourth-order valence-corrected chi connectivity index (χ4v) is 3.02. The fourth-order valence-electron chi connectivity index (χ4n) is 3.02. The van der Waals surface area contributed by atoms with Gasteiger partial charge in [0.15, 0.2) is 0 Å². The van der Waals surface area contributed by atoms with Crippen LogP contribution in [0.4, 0.5) is 0 Å². The minimum Gasteiger partial charge on any atom is -0.352 e. The molecule has 2 rings (SSSR count). The summed E-state index contributed by atoms with van der Waals surface area (Å²) in [4.78, 5) is 14.9. The van der Waals surface area contributed by atoms with Gasteiger partial charge in [-0.25, -0.2) is 0 Å². The largest absolute Gasteiger partial charge is 0.352 e. The van der Waals surface area contributed by atoms with E-state index in [4.69, 9.17) is 5.73 Å². The molecule has 28 heavy (non-hydrogen) atoms. The van der Waals surface area contributed by atoms with Crippen LogP contribution in [-0.4, -0.2) is 23.9 Å². The fraction of sp³-hybridized carbons (Fsp3) is 0.409. The van der Waals surface area contributed by atoms with E-state index in [9.17, 15) is 4.79 Å². The maximum Gasteiger partial charge on any atom is 0.225 e. The summed E-state index contributed by atoms with van der Waals surface area (Å²) < 4.78 is 0. The van der Waals surface area contributed by atoms with Crippen molar-refractivity contribution in [2.75, 3.05) is 13.1 Å². The molecule has 2 atom stereocenters. The average Bonchev–Trinajstić information content (AvgIpc) is 2.70. The van der Waals surface area contributed by atoms with Crippen LogP contribution in [0.2, 0.25) is 0 Å². The first-order valence-corrected chi connectivity index (χ1v) is 9.43. The molecular formula is C22H33Cl2N3O. The van der Waals surface area contributed by atoms with Gasteiger partial charge in [0.1, 0.15) is 0 Å². The highest BCUT2D eigenvalue weighted by Gasteiger charge is 2.21. The number of carbonyl (C=O) groups is 1. The molecule has 0 radical (unpaired) electrons. The van der Waals surface area contributed by atoms with Crippen LogP contribution in [0.3, 0.4) is 0 Å². The number of hydrogen-bond acceptors (Lipinski definition) is 3. The van der Waals surface area contributed by atoms with Crippen molar-refractivity contribution < 1.29 is 4.79 Å². The zero-order valence-electron chi connectivity index (χ0n) is 16.9. The van der Waals surface area contributed by atoms with Crippen LogP contribution >= 0.6 is 24.8 Å². The zero-order valence-corrected chi connectivity index (χ0v) is 18.6. The molecule has 0 bridgehead atoms. The summed E-state index contributed by atoms with van der Waals surface area (Å²) in [6.45, 7) is 9.75. The Hall–Kier alpha value is -1.59. The van der Waals surface area contributed by atoms with Gasteiger partial charge in [-0.15, -0.1) is 24.8 Å². The molecule has 0 saturated heterocycles. The van der Waals surface area contributed by atoms with Crippen molar-refractivity contribution in [3.05, 3.63) is 71.3 Å². The number of rotatable bonds is 9. The van der Waals surface area contributed by atoms with Gasteiger partial charge >= 0.3 is 0 Å². The number of hydrogen-bond donors (Lipinski definition) is 2. The van der Waals surface area contributed by atoms with Crippen LogP contribution in [0.25, 0.3) is 0 Å². The summed E-state index contributed by atoms with van der Waals surface area (Å²) in [6.07, 6.45) is 0. The summed E-state index contributed by atoms with van der Waals surface area (Å²) in [6, 6.07) is 17.9. The number of nitrogens with zero attached hydrogens (tertiary/aromatic N) is 1. The molecule has 0 aromatic heterocycles. The average molecular weight is 426 g/mol. The van der Waals surface area contributed by atoms with Crippen molar-refractivity contribution in [1.29, 1.82) is 0 Å². The van der Waals surface area contributed by atoms with Gasteiger partial charge in [0, 0.05) is 19.1 Å². The van der Waals surface area contributed by atoms with Crippen LogP contribution in [-0.2, 0) is 17.9 Å². The maximum absolute atomic E-state index is 12.5. The molecule has 0 saturated carbocycles. The lowest BCUT2D eigenvalue weighted by atomic mass is 9.94. The molecule has 0 fully saturated rings. The summed E-state index contributed by atoms with van der Waals surface area (Å²) in [5.74, 6) is -0.299. The van der Waals surface area contributed by atoms with E-state index in [1.54, 1.807) is 0 Å². The molecule has 1 amide bonds. The smallest absolute Gasteiger partial charge is 0.225 e. The Morgan fingerprint density at radius 3 is 2.21 bits per heavy atom. The second-order valence-electron chi connectivity index (χ2n) is 6.72. The van der Waals surface area contributed by atoms with E-state index in [-0.39, 0.29) is 42.7 Å². The second-order valence-corrected chi connectivity index (χ2v) is 6.72. The quantitative estimate of drug-likeness (QED) is 0.628. The van der Waals surface area contributed by atoms with E-state index in [1.807, 2.05) is 43.3 Å². The molecule has 2 aromatic rings. The molecule has 0 aliphatic heterocycles. The molecule has 0 heterocycles. The van der Waals surface area contributed by atoms with Gasteiger partial charge in [-0.1, -0.05) is 75.4 Å². The highest BCUT2D eigenvalue weighted by atomic mass is 35.5. The highest BCUT2D eigenvalue weighted by Crippen LogP contribution is 2.19. The molecular weight excluding hydrogens is 393 g/mol.